The van der Waals surface area contributed by atoms with Crippen LogP contribution in [0.2, 0.25) is 0 Å². The number of hydrogen-bond acceptors (Lipinski definition) is 7. The molecule has 2 aromatic heterocycles. The number of hydrogen-bond donors (Lipinski definition) is 1. The van der Waals surface area contributed by atoms with E-state index in [0.717, 1.165) is 24.8 Å². The highest BCUT2D eigenvalue weighted by Gasteiger charge is 2.35. The van der Waals surface area contributed by atoms with Gasteiger partial charge < -0.3 is 14.2 Å². The lowest BCUT2D eigenvalue weighted by atomic mass is 9.83. The summed E-state index contributed by atoms with van der Waals surface area (Å²) in [5, 5.41) is 20.2. The first-order valence-electron chi connectivity index (χ1n) is 8.31. The average molecular weight is 360 g/mol. The molecule has 3 rings (SSSR count). The number of nitrogens with zero attached hydrogens (tertiary/aromatic N) is 3. The van der Waals surface area contributed by atoms with Gasteiger partial charge in [-0.3, -0.25) is 4.79 Å². The minimum absolute atomic E-state index is 0.187. The Morgan fingerprint density at radius 2 is 2.16 bits per heavy atom. The second-order valence-electron chi connectivity index (χ2n) is 6.27. The van der Waals surface area contributed by atoms with Gasteiger partial charge in [0.2, 0.25) is 5.91 Å². The van der Waals surface area contributed by atoms with Crippen LogP contribution in [-0.4, -0.2) is 26.9 Å². The standard InChI is InChI=1S/C17H20N4O3S/c1-11-13(6-9-23-11)15-20-21-16(24-15)25-12(2)14(22)19-17(10-18)7-4-3-5-8-17/h6,9,12H,3-5,7-8H2,1-2H3,(H,19,22)/t12-/m1/s1. The van der Waals surface area contributed by atoms with E-state index >= 15 is 0 Å². The Morgan fingerprint density at radius 1 is 1.40 bits per heavy atom. The van der Waals surface area contributed by atoms with Crippen molar-refractivity contribution >= 4 is 17.7 Å². The first-order chi connectivity index (χ1) is 12.0. The molecule has 8 heteroatoms. The Balaban J connectivity index is 1.63. The van der Waals surface area contributed by atoms with E-state index in [4.69, 9.17) is 8.83 Å². The van der Waals surface area contributed by atoms with Crippen molar-refractivity contribution in [2.75, 3.05) is 0 Å². The Bertz CT molecular complexity index is 786. The first kappa shape index (κ1) is 17.5. The molecule has 1 amide bonds. The fraction of sp³-hybridized carbons (Fsp3) is 0.529. The molecule has 2 heterocycles. The van der Waals surface area contributed by atoms with E-state index in [-0.39, 0.29) is 5.91 Å². The zero-order valence-corrected chi connectivity index (χ0v) is 15.1. The van der Waals surface area contributed by atoms with Crippen LogP contribution in [-0.2, 0) is 4.79 Å². The summed E-state index contributed by atoms with van der Waals surface area (Å²) < 4.78 is 10.8. The lowest BCUT2D eigenvalue weighted by molar-refractivity contribution is -0.122. The SMILES string of the molecule is Cc1occc1-c1nnc(S[C@H](C)C(=O)NC2(C#N)CCCCC2)o1. The normalized spacial score (nSPS) is 17.6. The highest BCUT2D eigenvalue weighted by atomic mass is 32.2. The summed E-state index contributed by atoms with van der Waals surface area (Å²) >= 11 is 1.18. The van der Waals surface area contributed by atoms with Gasteiger partial charge in [-0.25, -0.2) is 0 Å². The predicted octanol–water partition coefficient (Wildman–Crippen LogP) is 3.46. The number of nitrogens with one attached hydrogen (secondary N) is 1. The van der Waals surface area contributed by atoms with Crippen LogP contribution in [0.1, 0.15) is 44.8 Å². The number of furan rings is 1. The van der Waals surface area contributed by atoms with Gasteiger partial charge >= 0.3 is 0 Å². The molecular weight excluding hydrogens is 340 g/mol. The average Bonchev–Trinajstić information content (AvgIpc) is 3.24. The van der Waals surface area contributed by atoms with Gasteiger partial charge in [0.15, 0.2) is 0 Å². The topological polar surface area (TPSA) is 105 Å². The molecule has 1 atom stereocenters. The number of carbonyl (C=O) groups excluding carboxylic acids is 1. The van der Waals surface area contributed by atoms with Crippen molar-refractivity contribution in [1.29, 1.82) is 5.26 Å². The van der Waals surface area contributed by atoms with Crippen LogP contribution in [0.15, 0.2) is 26.4 Å². The first-order valence-corrected chi connectivity index (χ1v) is 9.19. The maximum absolute atomic E-state index is 12.5. The summed E-state index contributed by atoms with van der Waals surface area (Å²) in [7, 11) is 0. The number of amides is 1. The fourth-order valence-corrected chi connectivity index (χ4v) is 3.62. The summed E-state index contributed by atoms with van der Waals surface area (Å²) in [5.41, 5.74) is 0.0000150. The largest absolute Gasteiger partial charge is 0.469 e. The van der Waals surface area contributed by atoms with Crippen molar-refractivity contribution < 1.29 is 13.6 Å². The molecule has 0 aromatic carbocycles. The molecule has 0 spiro atoms. The number of thioether (sulfide) groups is 1. The van der Waals surface area contributed by atoms with E-state index in [9.17, 15) is 10.1 Å². The van der Waals surface area contributed by atoms with Crippen LogP contribution < -0.4 is 5.32 Å². The summed E-state index contributed by atoms with van der Waals surface area (Å²) in [4.78, 5) is 12.5. The van der Waals surface area contributed by atoms with Gasteiger partial charge in [0.1, 0.15) is 11.3 Å². The molecule has 0 unspecified atom stereocenters. The number of rotatable bonds is 5. The Hall–Kier alpha value is -2.27. The summed E-state index contributed by atoms with van der Waals surface area (Å²) in [5.74, 6) is 0.870. The molecule has 25 heavy (non-hydrogen) atoms. The van der Waals surface area contributed by atoms with Gasteiger partial charge in [-0.15, -0.1) is 10.2 Å². The van der Waals surface area contributed by atoms with Crippen LogP contribution in [0.3, 0.4) is 0 Å². The number of carbonyl (C=O) groups is 1. The molecule has 132 valence electrons. The predicted molar refractivity (Wildman–Crippen MR) is 91.6 cm³/mol. The lowest BCUT2D eigenvalue weighted by Crippen LogP contribution is -2.50. The fourth-order valence-electron chi connectivity index (χ4n) is 2.94. The molecule has 1 N–H and O–H groups in total. The maximum Gasteiger partial charge on any atom is 0.277 e. The van der Waals surface area contributed by atoms with Crippen molar-refractivity contribution in [3.05, 3.63) is 18.1 Å². The van der Waals surface area contributed by atoms with Crippen molar-refractivity contribution in [3.63, 3.8) is 0 Å². The van der Waals surface area contributed by atoms with Gasteiger partial charge in [0.25, 0.3) is 11.1 Å². The van der Waals surface area contributed by atoms with Crippen LogP contribution in [0.4, 0.5) is 0 Å². The van der Waals surface area contributed by atoms with Crippen LogP contribution in [0.5, 0.6) is 0 Å². The summed E-state index contributed by atoms with van der Waals surface area (Å²) in [6.45, 7) is 3.58. The second kappa shape index (κ2) is 7.31. The van der Waals surface area contributed by atoms with E-state index in [1.54, 1.807) is 19.3 Å². The zero-order chi connectivity index (χ0) is 17.9. The van der Waals surface area contributed by atoms with E-state index in [2.05, 4.69) is 21.6 Å². The minimum atomic E-state index is -0.738. The van der Waals surface area contributed by atoms with Gasteiger partial charge in [-0.05, 0) is 32.8 Å². The Morgan fingerprint density at radius 3 is 2.80 bits per heavy atom. The van der Waals surface area contributed by atoms with Crippen molar-refractivity contribution in [1.82, 2.24) is 15.5 Å². The number of nitriles is 1. The number of aromatic nitrogens is 2. The quantitative estimate of drug-likeness (QED) is 0.814. The lowest BCUT2D eigenvalue weighted by Gasteiger charge is -2.32. The highest BCUT2D eigenvalue weighted by Crippen LogP contribution is 2.30. The summed E-state index contributed by atoms with van der Waals surface area (Å²) in [6, 6.07) is 4.05. The zero-order valence-electron chi connectivity index (χ0n) is 14.2. The van der Waals surface area contributed by atoms with Crippen LogP contribution >= 0.6 is 11.8 Å². The Kier molecular flexibility index (Phi) is 5.13. The molecule has 7 nitrogen and oxygen atoms in total. The van der Waals surface area contributed by atoms with E-state index in [1.807, 2.05) is 6.92 Å². The van der Waals surface area contributed by atoms with E-state index < -0.39 is 10.8 Å². The van der Waals surface area contributed by atoms with Crippen molar-refractivity contribution in [2.24, 2.45) is 0 Å². The molecule has 0 saturated heterocycles. The third-order valence-corrected chi connectivity index (χ3v) is 5.36. The van der Waals surface area contributed by atoms with Crippen LogP contribution in [0.25, 0.3) is 11.5 Å². The summed E-state index contributed by atoms with van der Waals surface area (Å²) in [6.07, 6.45) is 6.01. The van der Waals surface area contributed by atoms with Crippen molar-refractivity contribution in [2.45, 2.75) is 62.0 Å². The molecule has 0 radical (unpaired) electrons. The minimum Gasteiger partial charge on any atom is -0.469 e. The molecule has 1 aliphatic carbocycles. The molecule has 1 fully saturated rings. The van der Waals surface area contributed by atoms with E-state index in [1.165, 1.54) is 11.8 Å². The molecule has 2 aromatic rings. The molecule has 0 aliphatic heterocycles. The third-order valence-electron chi connectivity index (χ3n) is 4.43. The van der Waals surface area contributed by atoms with Gasteiger partial charge in [-0.1, -0.05) is 31.0 Å². The van der Waals surface area contributed by atoms with E-state index in [0.29, 0.717) is 29.7 Å². The highest BCUT2D eigenvalue weighted by molar-refractivity contribution is 8.00. The van der Waals surface area contributed by atoms with Gasteiger partial charge in [0, 0.05) is 0 Å². The molecule has 1 aliphatic rings. The maximum atomic E-state index is 12.5. The monoisotopic (exact) mass is 360 g/mol. The number of aryl methyl sites for hydroxylation is 1. The van der Waals surface area contributed by atoms with Gasteiger partial charge in [-0.2, -0.15) is 5.26 Å². The third kappa shape index (κ3) is 3.87. The molecule has 0 bridgehead atoms. The smallest absolute Gasteiger partial charge is 0.277 e. The van der Waals surface area contributed by atoms with Crippen molar-refractivity contribution in [3.8, 4) is 17.5 Å². The molecule has 1 saturated carbocycles. The van der Waals surface area contributed by atoms with Crippen LogP contribution in [0, 0.1) is 18.3 Å². The van der Waals surface area contributed by atoms with Gasteiger partial charge in [0.05, 0.1) is 23.1 Å². The Labute approximate surface area is 150 Å². The molecular formula is C17H20N4O3S. The second-order valence-corrected chi connectivity index (χ2v) is 7.56.